The maximum atomic E-state index is 12.3. The van der Waals surface area contributed by atoms with Crippen molar-refractivity contribution in [1.82, 2.24) is 0 Å². The van der Waals surface area contributed by atoms with Crippen molar-refractivity contribution in [2.24, 2.45) is 0 Å². The lowest BCUT2D eigenvalue weighted by atomic mass is 9.85. The number of rotatable bonds is 3. The van der Waals surface area contributed by atoms with Crippen molar-refractivity contribution < 1.29 is 24.2 Å². The van der Waals surface area contributed by atoms with Crippen LogP contribution in [0, 0.1) is 0 Å². The predicted octanol–water partition coefficient (Wildman–Crippen LogP) is 1.08. The third-order valence-electron chi connectivity index (χ3n) is 5.96. The average Bonchev–Trinajstić information content (AvgIpc) is 3.08. The number of carbonyl (C=O) groups is 1. The molecule has 0 radical (unpaired) electrons. The second-order valence-electron chi connectivity index (χ2n) is 8.12. The molecule has 0 aromatic carbocycles. The van der Waals surface area contributed by atoms with Gasteiger partial charge in [-0.2, -0.15) is 0 Å². The Morgan fingerprint density at radius 3 is 2.81 bits per heavy atom. The Labute approximate surface area is 164 Å². The number of esters is 1. The van der Waals surface area contributed by atoms with Crippen molar-refractivity contribution in [2.75, 3.05) is 44.9 Å². The molecule has 1 atom stereocenters. The summed E-state index contributed by atoms with van der Waals surface area (Å²) in [7, 11) is 2.27. The average molecular weight is 392 g/mol. The first-order valence-electron chi connectivity index (χ1n) is 9.74. The summed E-state index contributed by atoms with van der Waals surface area (Å²) in [6, 6.07) is 2.02. The van der Waals surface area contributed by atoms with E-state index in [9.17, 15) is 4.79 Å². The van der Waals surface area contributed by atoms with Crippen molar-refractivity contribution in [2.45, 2.75) is 39.3 Å². The largest absolute Gasteiger partial charge is 0.462 e. The van der Waals surface area contributed by atoms with Crippen molar-refractivity contribution in [3.8, 4) is 0 Å². The van der Waals surface area contributed by atoms with Crippen LogP contribution in [0.3, 0.4) is 0 Å². The molecule has 6 nitrogen and oxygen atoms in total. The summed E-state index contributed by atoms with van der Waals surface area (Å²) in [5, 5.41) is 1.18. The first-order valence-corrected chi connectivity index (χ1v) is 10.6. The van der Waals surface area contributed by atoms with Crippen molar-refractivity contribution in [3.63, 3.8) is 0 Å². The molecule has 2 aliphatic heterocycles. The Morgan fingerprint density at radius 2 is 2.11 bits per heavy atom. The molecule has 0 aliphatic carbocycles. The number of nitrogens with zero attached hydrogens (tertiary/aromatic N) is 1. The Balaban J connectivity index is 1.87. The minimum absolute atomic E-state index is 0.162. The third kappa shape index (κ3) is 3.32. The van der Waals surface area contributed by atoms with E-state index in [0.717, 1.165) is 44.1 Å². The Hall–Kier alpha value is -1.70. The van der Waals surface area contributed by atoms with Gasteiger partial charge in [-0.3, -0.25) is 4.90 Å². The molecule has 0 saturated carbocycles. The molecule has 1 unspecified atom stereocenters. The Morgan fingerprint density at radius 1 is 1.37 bits per heavy atom. The van der Waals surface area contributed by atoms with Crippen LogP contribution in [0.5, 0.6) is 0 Å². The summed E-state index contributed by atoms with van der Waals surface area (Å²) in [5.41, 5.74) is 2.93. The topological polar surface area (TPSA) is 57.3 Å². The fourth-order valence-corrected chi connectivity index (χ4v) is 5.02. The highest BCUT2D eigenvalue weighted by Gasteiger charge is 2.40. The minimum atomic E-state index is -0.230. The van der Waals surface area contributed by atoms with Crippen molar-refractivity contribution in [1.29, 1.82) is 0 Å². The molecule has 2 aromatic rings. The lowest BCUT2D eigenvalue weighted by Crippen LogP contribution is -3.16. The van der Waals surface area contributed by atoms with E-state index in [4.69, 9.17) is 9.47 Å². The van der Waals surface area contributed by atoms with Gasteiger partial charge in [-0.1, -0.05) is 11.3 Å². The van der Waals surface area contributed by atoms with E-state index < -0.39 is 0 Å². The molecule has 0 amide bonds. The van der Waals surface area contributed by atoms with Crippen LogP contribution in [0.1, 0.15) is 41.6 Å². The number of hydrogen-bond acceptors (Lipinski definition) is 5. The first-order chi connectivity index (χ1) is 12.9. The number of anilines is 1. The van der Waals surface area contributed by atoms with Gasteiger partial charge in [0.2, 0.25) is 0 Å². The first kappa shape index (κ1) is 18.7. The molecule has 0 bridgehead atoms. The lowest BCUT2D eigenvalue weighted by Gasteiger charge is -2.38. The SMILES string of the molecule is CCOC(=O)c1cc2c3c(c(N4CCOCC4)[nH+]c2s1)C[NH+](C)C(C)(C)C3. The van der Waals surface area contributed by atoms with Crippen LogP contribution < -0.4 is 14.8 Å². The molecule has 146 valence electrons. The number of ether oxygens (including phenoxy) is 2. The number of likely N-dealkylation sites (N-methyl/N-ethyl adjacent to an activating group) is 1. The highest BCUT2D eigenvalue weighted by molar-refractivity contribution is 7.20. The van der Waals surface area contributed by atoms with Crippen LogP contribution in [0.2, 0.25) is 0 Å². The Kier molecular flexibility index (Phi) is 4.86. The zero-order valence-corrected chi connectivity index (χ0v) is 17.4. The molecule has 0 spiro atoms. The van der Waals surface area contributed by atoms with E-state index in [1.165, 1.54) is 38.6 Å². The second-order valence-corrected chi connectivity index (χ2v) is 9.17. The number of nitrogens with one attached hydrogen (secondary N) is 2. The van der Waals surface area contributed by atoms with Gasteiger partial charge in [0, 0.05) is 11.8 Å². The molecule has 4 rings (SSSR count). The molecule has 2 N–H and O–H groups in total. The summed E-state index contributed by atoms with van der Waals surface area (Å²) in [4.78, 5) is 21.6. The highest BCUT2D eigenvalue weighted by Crippen LogP contribution is 2.35. The van der Waals surface area contributed by atoms with Gasteiger partial charge in [0.15, 0.2) is 4.83 Å². The lowest BCUT2D eigenvalue weighted by molar-refractivity contribution is -0.945. The summed E-state index contributed by atoms with van der Waals surface area (Å²) < 4.78 is 10.8. The zero-order valence-electron chi connectivity index (χ0n) is 16.6. The number of H-pyrrole nitrogens is 1. The quantitative estimate of drug-likeness (QED) is 0.796. The van der Waals surface area contributed by atoms with E-state index in [1.807, 2.05) is 13.0 Å². The number of aromatic nitrogens is 1. The van der Waals surface area contributed by atoms with Gasteiger partial charge in [-0.15, -0.1) is 0 Å². The molecule has 2 aromatic heterocycles. The van der Waals surface area contributed by atoms with Crippen LogP contribution in [0.25, 0.3) is 10.2 Å². The molecule has 4 heterocycles. The van der Waals surface area contributed by atoms with E-state index in [1.54, 1.807) is 0 Å². The molecule has 1 saturated heterocycles. The number of thiophene rings is 1. The predicted molar refractivity (Wildman–Crippen MR) is 106 cm³/mol. The van der Waals surface area contributed by atoms with Crippen molar-refractivity contribution in [3.05, 3.63) is 22.1 Å². The number of morpholine rings is 1. The Bertz CT molecular complexity index is 871. The van der Waals surface area contributed by atoms with Gasteiger partial charge in [-0.25, -0.2) is 9.78 Å². The van der Waals surface area contributed by atoms with Crippen LogP contribution in [0.15, 0.2) is 6.07 Å². The fraction of sp³-hybridized carbons (Fsp3) is 0.600. The zero-order chi connectivity index (χ0) is 19.2. The van der Waals surface area contributed by atoms with Crippen LogP contribution in [-0.2, 0) is 22.4 Å². The van der Waals surface area contributed by atoms with E-state index in [0.29, 0.717) is 11.5 Å². The number of fused-ring (bicyclic) bond motifs is 3. The summed E-state index contributed by atoms with van der Waals surface area (Å²) >= 11 is 1.50. The molecular formula is C20H29N3O3S+2. The standard InChI is InChI=1S/C20H27N3O3S/c1-5-26-19(24)16-10-13-14-11-20(2,3)22(4)12-15(14)17(21-18(13)27-16)23-6-8-25-9-7-23/h10H,5-9,11-12H2,1-4H3/p+2. The van der Waals surface area contributed by atoms with Gasteiger partial charge in [0.25, 0.3) is 5.82 Å². The molecule has 2 aliphatic rings. The monoisotopic (exact) mass is 391 g/mol. The van der Waals surface area contributed by atoms with Gasteiger partial charge < -0.3 is 14.4 Å². The molecule has 1 fully saturated rings. The molecule has 7 heteroatoms. The third-order valence-corrected chi connectivity index (χ3v) is 6.99. The normalized spacial score (nSPS) is 21.9. The van der Waals surface area contributed by atoms with E-state index >= 15 is 0 Å². The van der Waals surface area contributed by atoms with Gasteiger partial charge in [0.05, 0.1) is 38.0 Å². The minimum Gasteiger partial charge on any atom is -0.462 e. The summed E-state index contributed by atoms with van der Waals surface area (Å²) in [5.74, 6) is 0.972. The number of aromatic amines is 1. The van der Waals surface area contributed by atoms with Crippen LogP contribution >= 0.6 is 11.3 Å². The van der Waals surface area contributed by atoms with Gasteiger partial charge in [-0.05, 0) is 32.4 Å². The highest BCUT2D eigenvalue weighted by atomic mass is 32.1. The molecule has 27 heavy (non-hydrogen) atoms. The summed E-state index contributed by atoms with van der Waals surface area (Å²) in [6.45, 7) is 11.2. The number of hydrogen-bond donors (Lipinski definition) is 1. The number of carbonyl (C=O) groups excluding carboxylic acids is 1. The molecular weight excluding hydrogens is 362 g/mol. The van der Waals surface area contributed by atoms with Crippen LogP contribution in [0.4, 0.5) is 5.82 Å². The summed E-state index contributed by atoms with van der Waals surface area (Å²) in [6.07, 6.45) is 0.996. The van der Waals surface area contributed by atoms with Crippen molar-refractivity contribution >= 4 is 33.3 Å². The van der Waals surface area contributed by atoms with E-state index in [-0.39, 0.29) is 11.5 Å². The fourth-order valence-electron chi connectivity index (χ4n) is 4.05. The maximum Gasteiger partial charge on any atom is 0.348 e. The smallest absolute Gasteiger partial charge is 0.348 e. The van der Waals surface area contributed by atoms with Gasteiger partial charge in [0.1, 0.15) is 24.5 Å². The maximum absolute atomic E-state index is 12.3. The second kappa shape index (κ2) is 7.04. The number of quaternary nitrogens is 1. The van der Waals surface area contributed by atoms with Gasteiger partial charge >= 0.3 is 5.97 Å². The number of pyridine rings is 1. The van der Waals surface area contributed by atoms with E-state index in [2.05, 4.69) is 30.8 Å². The van der Waals surface area contributed by atoms with Crippen LogP contribution in [-0.4, -0.2) is 51.5 Å².